The van der Waals surface area contributed by atoms with Crippen molar-refractivity contribution in [2.75, 3.05) is 19.6 Å². The van der Waals surface area contributed by atoms with E-state index in [1.807, 2.05) is 13.1 Å². The number of hydrogen-bond acceptors (Lipinski definition) is 5. The fourth-order valence-electron chi connectivity index (χ4n) is 2.63. The van der Waals surface area contributed by atoms with E-state index in [2.05, 4.69) is 27.5 Å². The smallest absolute Gasteiger partial charge is 0.357 e. The van der Waals surface area contributed by atoms with Gasteiger partial charge in [0.05, 0.1) is 6.54 Å². The van der Waals surface area contributed by atoms with Gasteiger partial charge in [0, 0.05) is 36.8 Å². The van der Waals surface area contributed by atoms with Crippen LogP contribution in [0.4, 0.5) is 13.2 Å². The maximum absolute atomic E-state index is 12.6. The second kappa shape index (κ2) is 9.20. The molecule has 0 atom stereocenters. The number of halogens is 3. The van der Waals surface area contributed by atoms with Gasteiger partial charge in [0.25, 0.3) is 0 Å². The SMILES string of the molecule is CCNC(=NCc1ncc(CC)s1)NC1CCN(S(=O)(=O)C(F)(F)F)CC1. The largest absolute Gasteiger partial charge is 0.511 e. The lowest BCUT2D eigenvalue weighted by Gasteiger charge is -2.32. The highest BCUT2D eigenvalue weighted by molar-refractivity contribution is 7.90. The molecule has 1 fully saturated rings. The Hall–Kier alpha value is -1.40. The molecule has 0 unspecified atom stereocenters. The van der Waals surface area contributed by atoms with Crippen LogP contribution in [-0.2, 0) is 23.0 Å². The maximum atomic E-state index is 12.6. The molecule has 0 bridgehead atoms. The summed E-state index contributed by atoms with van der Waals surface area (Å²) in [5.41, 5.74) is -5.26. The lowest BCUT2D eigenvalue weighted by molar-refractivity contribution is -0.0494. The average Bonchev–Trinajstić information content (AvgIpc) is 3.07. The summed E-state index contributed by atoms with van der Waals surface area (Å²) in [7, 11) is -5.26. The third-order valence-electron chi connectivity index (χ3n) is 4.09. The number of aryl methyl sites for hydroxylation is 1. The van der Waals surface area contributed by atoms with Crippen LogP contribution in [0.15, 0.2) is 11.2 Å². The van der Waals surface area contributed by atoms with Crippen molar-refractivity contribution in [2.45, 2.75) is 51.2 Å². The summed E-state index contributed by atoms with van der Waals surface area (Å²) in [5, 5.41) is 7.15. The van der Waals surface area contributed by atoms with E-state index in [9.17, 15) is 21.6 Å². The van der Waals surface area contributed by atoms with Crippen LogP contribution in [0, 0.1) is 0 Å². The number of hydrogen-bond donors (Lipinski definition) is 2. The minimum atomic E-state index is -5.26. The van der Waals surface area contributed by atoms with Crippen molar-refractivity contribution in [3.63, 3.8) is 0 Å². The van der Waals surface area contributed by atoms with Crippen molar-refractivity contribution in [1.82, 2.24) is 19.9 Å². The van der Waals surface area contributed by atoms with Crippen LogP contribution < -0.4 is 10.6 Å². The van der Waals surface area contributed by atoms with Gasteiger partial charge in [-0.2, -0.15) is 17.5 Å². The van der Waals surface area contributed by atoms with Crippen molar-refractivity contribution >= 4 is 27.3 Å². The van der Waals surface area contributed by atoms with E-state index in [4.69, 9.17) is 0 Å². The van der Waals surface area contributed by atoms with Gasteiger partial charge in [-0.1, -0.05) is 6.92 Å². The number of nitrogens with zero attached hydrogens (tertiary/aromatic N) is 3. The van der Waals surface area contributed by atoms with Crippen LogP contribution in [0.3, 0.4) is 0 Å². The van der Waals surface area contributed by atoms with Gasteiger partial charge in [-0.05, 0) is 26.2 Å². The molecule has 1 saturated heterocycles. The first kappa shape index (κ1) is 21.9. The number of aliphatic imine (C=N–C) groups is 1. The molecule has 27 heavy (non-hydrogen) atoms. The highest BCUT2D eigenvalue weighted by Gasteiger charge is 2.50. The molecular weight excluding hydrogens is 403 g/mol. The molecule has 0 aliphatic carbocycles. The zero-order chi connectivity index (χ0) is 20.1. The third-order valence-corrected chi connectivity index (χ3v) is 6.85. The lowest BCUT2D eigenvalue weighted by atomic mass is 10.1. The molecule has 1 aromatic heterocycles. The van der Waals surface area contributed by atoms with Gasteiger partial charge in [-0.3, -0.25) is 0 Å². The van der Waals surface area contributed by atoms with Crippen LogP contribution in [0.25, 0.3) is 0 Å². The highest BCUT2D eigenvalue weighted by Crippen LogP contribution is 2.28. The number of aromatic nitrogens is 1. The van der Waals surface area contributed by atoms with Gasteiger partial charge in [0.1, 0.15) is 5.01 Å². The van der Waals surface area contributed by atoms with Crippen molar-refractivity contribution in [2.24, 2.45) is 4.99 Å². The molecule has 0 amide bonds. The van der Waals surface area contributed by atoms with Gasteiger partial charge in [-0.15, -0.1) is 11.3 Å². The molecule has 2 N–H and O–H groups in total. The summed E-state index contributed by atoms with van der Waals surface area (Å²) in [5.74, 6) is 0.544. The summed E-state index contributed by atoms with van der Waals surface area (Å²) in [4.78, 5) is 9.94. The lowest BCUT2D eigenvalue weighted by Crippen LogP contribution is -2.51. The van der Waals surface area contributed by atoms with Crippen molar-refractivity contribution in [3.8, 4) is 0 Å². The third kappa shape index (κ3) is 5.79. The Morgan fingerprint density at radius 3 is 2.56 bits per heavy atom. The van der Waals surface area contributed by atoms with Crippen LogP contribution >= 0.6 is 11.3 Å². The van der Waals surface area contributed by atoms with Gasteiger partial charge in [0.15, 0.2) is 5.96 Å². The van der Waals surface area contributed by atoms with Gasteiger partial charge in [-0.25, -0.2) is 18.4 Å². The summed E-state index contributed by atoms with van der Waals surface area (Å²) in [6, 6.07) is -0.148. The van der Waals surface area contributed by atoms with Crippen LogP contribution in [0.2, 0.25) is 0 Å². The molecule has 0 radical (unpaired) electrons. The fourth-order valence-corrected chi connectivity index (χ4v) is 4.40. The van der Waals surface area contributed by atoms with E-state index in [1.54, 1.807) is 11.3 Å². The molecule has 1 aliphatic rings. The number of nitrogens with one attached hydrogen (secondary N) is 2. The zero-order valence-electron chi connectivity index (χ0n) is 15.2. The Bertz CT molecular complexity index is 741. The summed E-state index contributed by atoms with van der Waals surface area (Å²) < 4.78 is 61.3. The zero-order valence-corrected chi connectivity index (χ0v) is 16.8. The molecule has 1 aromatic rings. The molecular formula is C15H24F3N5O2S2. The number of piperidine rings is 1. The van der Waals surface area contributed by atoms with E-state index in [1.165, 1.54) is 4.88 Å². The number of rotatable bonds is 6. The molecule has 1 aliphatic heterocycles. The van der Waals surface area contributed by atoms with Crippen molar-refractivity contribution in [1.29, 1.82) is 0 Å². The normalized spacial score (nSPS) is 17.9. The molecule has 0 aromatic carbocycles. The van der Waals surface area contributed by atoms with E-state index >= 15 is 0 Å². The predicted molar refractivity (Wildman–Crippen MR) is 99.0 cm³/mol. The monoisotopic (exact) mass is 427 g/mol. The fraction of sp³-hybridized carbons (Fsp3) is 0.733. The first-order valence-corrected chi connectivity index (χ1v) is 11.0. The van der Waals surface area contributed by atoms with Crippen LogP contribution in [-0.4, -0.2) is 54.9 Å². The topological polar surface area (TPSA) is 86.7 Å². The molecule has 7 nitrogen and oxygen atoms in total. The molecule has 2 rings (SSSR count). The Labute approximate surface area is 161 Å². The Balaban J connectivity index is 1.93. The molecule has 0 spiro atoms. The first-order chi connectivity index (χ1) is 12.7. The minimum Gasteiger partial charge on any atom is -0.357 e. The maximum Gasteiger partial charge on any atom is 0.511 e. The summed E-state index contributed by atoms with van der Waals surface area (Å²) in [6.07, 6.45) is 3.29. The van der Waals surface area contributed by atoms with Crippen LogP contribution in [0.5, 0.6) is 0 Å². The van der Waals surface area contributed by atoms with Crippen molar-refractivity contribution in [3.05, 3.63) is 16.1 Å². The van der Waals surface area contributed by atoms with Gasteiger partial charge in [0.2, 0.25) is 0 Å². The molecule has 12 heteroatoms. The first-order valence-electron chi connectivity index (χ1n) is 8.72. The number of sulfonamides is 1. The second-order valence-electron chi connectivity index (χ2n) is 6.04. The Kier molecular flexibility index (Phi) is 7.46. The van der Waals surface area contributed by atoms with E-state index < -0.39 is 15.5 Å². The summed E-state index contributed by atoms with van der Waals surface area (Å²) >= 11 is 1.59. The number of alkyl halides is 3. The quantitative estimate of drug-likeness (QED) is 0.536. The molecule has 154 valence electrons. The molecule has 2 heterocycles. The Morgan fingerprint density at radius 1 is 1.37 bits per heavy atom. The number of thiazole rings is 1. The highest BCUT2D eigenvalue weighted by atomic mass is 32.2. The average molecular weight is 428 g/mol. The van der Waals surface area contributed by atoms with Crippen molar-refractivity contribution < 1.29 is 21.6 Å². The number of guanidine groups is 1. The molecule has 0 saturated carbocycles. The van der Waals surface area contributed by atoms with Crippen LogP contribution in [0.1, 0.15) is 36.6 Å². The van der Waals surface area contributed by atoms with Gasteiger partial charge < -0.3 is 10.6 Å². The predicted octanol–water partition coefficient (Wildman–Crippen LogP) is 2.07. The van der Waals surface area contributed by atoms with E-state index in [0.29, 0.717) is 23.4 Å². The van der Waals surface area contributed by atoms with Gasteiger partial charge >= 0.3 is 15.5 Å². The van der Waals surface area contributed by atoms with E-state index in [-0.39, 0.29) is 32.0 Å². The second-order valence-corrected chi connectivity index (χ2v) is 9.17. The van der Waals surface area contributed by atoms with E-state index in [0.717, 1.165) is 11.4 Å². The Morgan fingerprint density at radius 2 is 2.04 bits per heavy atom. The standard InChI is InChI=1S/C15H24F3N5O2S2/c1-3-12-9-20-13(26-12)10-21-14(19-4-2)22-11-5-7-23(8-6-11)27(24,25)15(16,17)18/h9,11H,3-8,10H2,1-2H3,(H2,19,21,22). The summed E-state index contributed by atoms with van der Waals surface area (Å²) in [6.45, 7) is 4.65. The minimum absolute atomic E-state index is 0.148.